The number of likely N-dealkylation sites (tertiary alicyclic amines) is 1. The number of hydrogen-bond donors (Lipinski definition) is 2. The summed E-state index contributed by atoms with van der Waals surface area (Å²) >= 11 is 0. The lowest BCUT2D eigenvalue weighted by atomic mass is 10.00. The molecule has 1 aliphatic rings. The van der Waals surface area contributed by atoms with E-state index in [1.165, 1.54) is 25.2 Å². The van der Waals surface area contributed by atoms with Crippen molar-refractivity contribution in [2.45, 2.75) is 6.54 Å². The van der Waals surface area contributed by atoms with Gasteiger partial charge in [0.05, 0.1) is 20.1 Å². The van der Waals surface area contributed by atoms with Crippen LogP contribution in [0.4, 0.5) is 4.79 Å². The fraction of sp³-hybridized carbons (Fsp3) is 0.429. The summed E-state index contributed by atoms with van der Waals surface area (Å²) in [6.07, 6.45) is -0.415. The Morgan fingerprint density at radius 2 is 2.10 bits per heavy atom. The maximum Gasteiger partial charge on any atom is 0.409 e. The monoisotopic (exact) mass is 294 g/mol. The van der Waals surface area contributed by atoms with E-state index in [1.54, 1.807) is 12.1 Å². The molecule has 7 nitrogen and oxygen atoms in total. The predicted octanol–water partition coefficient (Wildman–Crippen LogP) is 0.715. The summed E-state index contributed by atoms with van der Waals surface area (Å²) in [4.78, 5) is 24.6. The predicted molar refractivity (Wildman–Crippen MR) is 74.0 cm³/mol. The van der Waals surface area contributed by atoms with Crippen LogP contribution in [0.5, 0.6) is 11.5 Å². The normalized spacial score (nSPS) is 14.3. The molecule has 1 saturated heterocycles. The first-order valence-corrected chi connectivity index (χ1v) is 6.51. The number of nitrogens with one attached hydrogen (secondary N) is 1. The molecular formula is C14H18N2O5. The Morgan fingerprint density at radius 1 is 1.38 bits per heavy atom. The van der Waals surface area contributed by atoms with Gasteiger partial charge < -0.3 is 24.8 Å². The van der Waals surface area contributed by atoms with E-state index in [2.05, 4.69) is 10.1 Å². The van der Waals surface area contributed by atoms with E-state index in [-0.39, 0.29) is 17.6 Å². The van der Waals surface area contributed by atoms with Gasteiger partial charge in [-0.25, -0.2) is 4.79 Å². The Kier molecular flexibility index (Phi) is 4.52. The molecule has 1 fully saturated rings. The first-order valence-electron chi connectivity index (χ1n) is 6.51. The second kappa shape index (κ2) is 6.34. The number of phenolic OH excluding ortho intramolecular Hbond substituents is 1. The molecule has 0 saturated carbocycles. The Balaban J connectivity index is 1.81. The number of phenols is 1. The van der Waals surface area contributed by atoms with Crippen LogP contribution in [0.3, 0.4) is 0 Å². The van der Waals surface area contributed by atoms with Gasteiger partial charge in [-0.1, -0.05) is 6.07 Å². The summed E-state index contributed by atoms with van der Waals surface area (Å²) < 4.78 is 9.57. The number of carbonyl (C=O) groups is 2. The minimum absolute atomic E-state index is 0.0558. The summed E-state index contributed by atoms with van der Waals surface area (Å²) in [5, 5.41) is 12.3. The third-order valence-corrected chi connectivity index (χ3v) is 3.40. The smallest absolute Gasteiger partial charge is 0.409 e. The highest BCUT2D eigenvalue weighted by Gasteiger charge is 2.36. The molecule has 1 aromatic carbocycles. The van der Waals surface area contributed by atoms with Gasteiger partial charge in [-0.05, 0) is 17.7 Å². The van der Waals surface area contributed by atoms with Gasteiger partial charge in [-0.2, -0.15) is 0 Å². The fourth-order valence-corrected chi connectivity index (χ4v) is 2.09. The Hall–Kier alpha value is -2.44. The average Bonchev–Trinajstić information content (AvgIpc) is 2.44. The van der Waals surface area contributed by atoms with Crippen LogP contribution >= 0.6 is 0 Å². The van der Waals surface area contributed by atoms with E-state index in [9.17, 15) is 14.7 Å². The molecular weight excluding hydrogens is 276 g/mol. The topological polar surface area (TPSA) is 88.1 Å². The molecule has 7 heteroatoms. The second-order valence-electron chi connectivity index (χ2n) is 4.80. The number of benzene rings is 1. The van der Waals surface area contributed by atoms with Crippen LogP contribution in [0.25, 0.3) is 0 Å². The molecule has 0 aromatic heterocycles. The van der Waals surface area contributed by atoms with E-state index < -0.39 is 6.09 Å². The minimum atomic E-state index is -0.415. The molecule has 0 atom stereocenters. The number of hydrogen-bond acceptors (Lipinski definition) is 5. The zero-order valence-corrected chi connectivity index (χ0v) is 12.0. The zero-order chi connectivity index (χ0) is 15.4. The molecule has 0 spiro atoms. The number of methoxy groups -OCH3 is 2. The molecule has 0 aliphatic carbocycles. The highest BCUT2D eigenvalue weighted by Crippen LogP contribution is 2.26. The molecule has 0 bridgehead atoms. The average molecular weight is 294 g/mol. The molecule has 21 heavy (non-hydrogen) atoms. The standard InChI is InChI=1S/C14H18N2O5/c1-20-12-5-9(3-4-11(12)17)6-15-13(18)10-7-16(8-10)14(19)21-2/h3-5,10,17H,6-8H2,1-2H3,(H,15,18). The Bertz CT molecular complexity index is 540. The number of aromatic hydroxyl groups is 1. The van der Waals surface area contributed by atoms with Crippen LogP contribution in [0.2, 0.25) is 0 Å². The van der Waals surface area contributed by atoms with Gasteiger partial charge in [0, 0.05) is 19.6 Å². The van der Waals surface area contributed by atoms with Gasteiger partial charge in [0.1, 0.15) is 0 Å². The van der Waals surface area contributed by atoms with E-state index in [4.69, 9.17) is 4.74 Å². The molecule has 0 unspecified atom stereocenters. The first-order chi connectivity index (χ1) is 10.0. The summed E-state index contributed by atoms with van der Waals surface area (Å²) in [6, 6.07) is 4.89. The molecule has 1 heterocycles. The molecule has 2 amide bonds. The number of nitrogens with zero attached hydrogens (tertiary/aromatic N) is 1. The maximum absolute atomic E-state index is 11.9. The van der Waals surface area contributed by atoms with Crippen LogP contribution in [-0.2, 0) is 16.1 Å². The summed E-state index contributed by atoms with van der Waals surface area (Å²) in [5.41, 5.74) is 0.821. The summed E-state index contributed by atoms with van der Waals surface area (Å²) in [6.45, 7) is 1.08. The second-order valence-corrected chi connectivity index (χ2v) is 4.80. The van der Waals surface area contributed by atoms with Crippen molar-refractivity contribution in [1.29, 1.82) is 0 Å². The van der Waals surface area contributed by atoms with E-state index in [1.807, 2.05) is 0 Å². The number of ether oxygens (including phenoxy) is 2. The quantitative estimate of drug-likeness (QED) is 0.854. The SMILES string of the molecule is COC(=O)N1CC(C(=O)NCc2ccc(O)c(OC)c2)C1. The molecule has 1 aromatic rings. The van der Waals surface area contributed by atoms with Crippen molar-refractivity contribution in [2.24, 2.45) is 5.92 Å². The maximum atomic E-state index is 11.9. The van der Waals surface area contributed by atoms with Crippen LogP contribution in [0.1, 0.15) is 5.56 Å². The lowest BCUT2D eigenvalue weighted by Crippen LogP contribution is -2.55. The van der Waals surface area contributed by atoms with Crippen LogP contribution in [0.15, 0.2) is 18.2 Å². The molecule has 114 valence electrons. The van der Waals surface area contributed by atoms with Gasteiger partial charge in [-0.15, -0.1) is 0 Å². The van der Waals surface area contributed by atoms with Gasteiger partial charge in [0.25, 0.3) is 0 Å². The summed E-state index contributed by atoms with van der Waals surface area (Å²) in [5.74, 6) is 0.104. The van der Waals surface area contributed by atoms with Crippen molar-refractivity contribution in [1.82, 2.24) is 10.2 Å². The summed E-state index contributed by atoms with van der Waals surface area (Å²) in [7, 11) is 2.78. The van der Waals surface area contributed by atoms with Crippen LogP contribution in [0, 0.1) is 5.92 Å². The molecule has 0 radical (unpaired) electrons. The van der Waals surface area contributed by atoms with Gasteiger partial charge in [-0.3, -0.25) is 4.79 Å². The van der Waals surface area contributed by atoms with Crippen molar-refractivity contribution in [3.05, 3.63) is 23.8 Å². The van der Waals surface area contributed by atoms with Gasteiger partial charge in [0.2, 0.25) is 5.91 Å². The third kappa shape index (κ3) is 3.36. The lowest BCUT2D eigenvalue weighted by molar-refractivity contribution is -0.129. The Morgan fingerprint density at radius 3 is 2.71 bits per heavy atom. The number of carbonyl (C=O) groups excluding carboxylic acids is 2. The highest BCUT2D eigenvalue weighted by molar-refractivity contribution is 5.82. The molecule has 2 rings (SSSR count). The zero-order valence-electron chi connectivity index (χ0n) is 12.0. The largest absolute Gasteiger partial charge is 0.504 e. The van der Waals surface area contributed by atoms with Crippen molar-refractivity contribution < 1.29 is 24.2 Å². The fourth-order valence-electron chi connectivity index (χ4n) is 2.09. The number of rotatable bonds is 4. The van der Waals surface area contributed by atoms with E-state index in [0.29, 0.717) is 25.4 Å². The first kappa shape index (κ1) is 15.0. The minimum Gasteiger partial charge on any atom is -0.504 e. The van der Waals surface area contributed by atoms with Gasteiger partial charge >= 0.3 is 6.09 Å². The highest BCUT2D eigenvalue weighted by atomic mass is 16.5. The number of amides is 2. The van der Waals surface area contributed by atoms with E-state index >= 15 is 0 Å². The molecule has 1 aliphatic heterocycles. The van der Waals surface area contributed by atoms with E-state index in [0.717, 1.165) is 5.56 Å². The molecule has 2 N–H and O–H groups in total. The van der Waals surface area contributed by atoms with Crippen LogP contribution in [-0.4, -0.2) is 49.3 Å². The third-order valence-electron chi connectivity index (χ3n) is 3.40. The van der Waals surface area contributed by atoms with Crippen molar-refractivity contribution in [3.63, 3.8) is 0 Å². The van der Waals surface area contributed by atoms with Crippen molar-refractivity contribution >= 4 is 12.0 Å². The lowest BCUT2D eigenvalue weighted by Gasteiger charge is -2.36. The Labute approximate surface area is 122 Å². The van der Waals surface area contributed by atoms with Crippen LogP contribution < -0.4 is 10.1 Å². The van der Waals surface area contributed by atoms with Crippen molar-refractivity contribution in [3.8, 4) is 11.5 Å². The van der Waals surface area contributed by atoms with Gasteiger partial charge in [0.15, 0.2) is 11.5 Å². The van der Waals surface area contributed by atoms with Crippen molar-refractivity contribution in [2.75, 3.05) is 27.3 Å².